The summed E-state index contributed by atoms with van der Waals surface area (Å²) < 4.78 is 75.0. The number of aryl methyl sites for hydroxylation is 2. The van der Waals surface area contributed by atoms with E-state index in [0.29, 0.717) is 10.6 Å². The Bertz CT molecular complexity index is 1020. The molecule has 34 heavy (non-hydrogen) atoms. The summed E-state index contributed by atoms with van der Waals surface area (Å²) >= 11 is 5.83. The van der Waals surface area contributed by atoms with Crippen molar-refractivity contribution in [2.45, 2.75) is 37.4 Å². The third-order valence-corrected chi connectivity index (χ3v) is 5.65. The SMILES string of the molecule is NC(CO)(CCc1ccc(OCCCc2cc(Cl)ccc2F)c(C(F)(F)F)c1)COP(=O)(O)O. The quantitative estimate of drug-likeness (QED) is 0.184. The van der Waals surface area contributed by atoms with Crippen LogP contribution in [0.15, 0.2) is 36.4 Å². The minimum atomic E-state index is -4.83. The van der Waals surface area contributed by atoms with Crippen LogP contribution in [-0.2, 0) is 28.1 Å². The van der Waals surface area contributed by atoms with Crippen molar-refractivity contribution in [2.75, 3.05) is 19.8 Å². The first-order chi connectivity index (χ1) is 15.7. The molecule has 0 fully saturated rings. The highest BCUT2D eigenvalue weighted by molar-refractivity contribution is 7.46. The van der Waals surface area contributed by atoms with E-state index in [4.69, 9.17) is 31.9 Å². The first kappa shape index (κ1) is 28.5. The van der Waals surface area contributed by atoms with Gasteiger partial charge in [-0.25, -0.2) is 8.96 Å². The molecule has 0 amide bonds. The summed E-state index contributed by atoms with van der Waals surface area (Å²) in [6, 6.07) is 7.48. The molecule has 0 spiro atoms. The number of benzene rings is 2. The van der Waals surface area contributed by atoms with Gasteiger partial charge >= 0.3 is 14.0 Å². The number of nitrogens with two attached hydrogens (primary N) is 1. The summed E-state index contributed by atoms with van der Waals surface area (Å²) in [5.74, 6) is -0.858. The summed E-state index contributed by atoms with van der Waals surface area (Å²) in [6.45, 7) is -1.48. The lowest BCUT2D eigenvalue weighted by atomic mass is 9.93. The van der Waals surface area contributed by atoms with Crippen molar-refractivity contribution in [2.24, 2.45) is 5.73 Å². The highest BCUT2D eigenvalue weighted by atomic mass is 35.5. The van der Waals surface area contributed by atoms with E-state index in [1.165, 1.54) is 24.3 Å². The zero-order valence-electron chi connectivity index (χ0n) is 17.9. The van der Waals surface area contributed by atoms with Crippen molar-refractivity contribution in [3.63, 3.8) is 0 Å². The van der Waals surface area contributed by atoms with Gasteiger partial charge in [0.25, 0.3) is 0 Å². The molecule has 1 unspecified atom stereocenters. The van der Waals surface area contributed by atoms with Crippen LogP contribution < -0.4 is 10.5 Å². The molecule has 0 saturated carbocycles. The fourth-order valence-corrected chi connectivity index (χ4v) is 3.68. The Morgan fingerprint density at radius 2 is 1.79 bits per heavy atom. The van der Waals surface area contributed by atoms with Crippen LogP contribution >= 0.6 is 19.4 Å². The maximum atomic E-state index is 13.8. The Morgan fingerprint density at radius 1 is 1.09 bits per heavy atom. The number of alkyl halides is 3. The van der Waals surface area contributed by atoms with Crippen molar-refractivity contribution >= 4 is 19.4 Å². The maximum Gasteiger partial charge on any atom is 0.469 e. The molecule has 5 N–H and O–H groups in total. The van der Waals surface area contributed by atoms with Gasteiger partial charge in [0.1, 0.15) is 11.6 Å². The van der Waals surface area contributed by atoms with E-state index in [1.54, 1.807) is 0 Å². The first-order valence-electron chi connectivity index (χ1n) is 10.1. The van der Waals surface area contributed by atoms with Crippen LogP contribution in [0.1, 0.15) is 29.5 Å². The van der Waals surface area contributed by atoms with Crippen molar-refractivity contribution in [1.29, 1.82) is 0 Å². The highest BCUT2D eigenvalue weighted by Gasteiger charge is 2.35. The van der Waals surface area contributed by atoms with Crippen molar-refractivity contribution in [1.82, 2.24) is 0 Å². The fraction of sp³-hybridized carbons (Fsp3) is 0.429. The molecule has 0 aliphatic carbocycles. The third-order valence-electron chi connectivity index (χ3n) is 4.95. The molecule has 0 saturated heterocycles. The van der Waals surface area contributed by atoms with Crippen LogP contribution in [0.3, 0.4) is 0 Å². The summed E-state index contributed by atoms with van der Waals surface area (Å²) in [5.41, 5.74) is 3.83. The molecule has 2 aromatic rings. The van der Waals surface area contributed by atoms with Crippen molar-refractivity contribution < 1.29 is 46.3 Å². The van der Waals surface area contributed by atoms with Crippen molar-refractivity contribution in [3.05, 3.63) is 63.9 Å². The zero-order chi connectivity index (χ0) is 25.6. The van der Waals surface area contributed by atoms with E-state index >= 15 is 0 Å². The lowest BCUT2D eigenvalue weighted by molar-refractivity contribution is -0.139. The number of hydrogen-bond acceptors (Lipinski definition) is 5. The molecule has 1 atom stereocenters. The van der Waals surface area contributed by atoms with Crippen molar-refractivity contribution in [3.8, 4) is 5.75 Å². The van der Waals surface area contributed by atoms with Gasteiger partial charge in [-0.05, 0) is 67.1 Å². The summed E-state index contributed by atoms with van der Waals surface area (Å²) in [7, 11) is -4.83. The minimum absolute atomic E-state index is 0.0288. The smallest absolute Gasteiger partial charge is 0.469 e. The van der Waals surface area contributed by atoms with Gasteiger partial charge in [-0.3, -0.25) is 4.52 Å². The highest BCUT2D eigenvalue weighted by Crippen LogP contribution is 2.38. The fourth-order valence-electron chi connectivity index (χ4n) is 3.06. The van der Waals surface area contributed by atoms with Crippen LogP contribution in [0, 0.1) is 5.82 Å². The summed E-state index contributed by atoms with van der Waals surface area (Å²) in [4.78, 5) is 17.6. The monoisotopic (exact) mass is 529 g/mol. The number of ether oxygens (including phenoxy) is 1. The number of hydrogen-bond donors (Lipinski definition) is 4. The predicted octanol–water partition coefficient (Wildman–Crippen LogP) is 4.24. The molecule has 190 valence electrons. The van der Waals surface area contributed by atoms with E-state index in [9.17, 15) is 27.2 Å². The average molecular weight is 530 g/mol. The van der Waals surface area contributed by atoms with E-state index in [1.807, 2.05) is 0 Å². The van der Waals surface area contributed by atoms with Gasteiger partial charge in [-0.2, -0.15) is 13.2 Å². The normalized spacial score (nSPS) is 14.1. The molecule has 0 bridgehead atoms. The maximum absolute atomic E-state index is 13.8. The van der Waals surface area contributed by atoms with Gasteiger partial charge < -0.3 is 25.4 Å². The minimum Gasteiger partial charge on any atom is -0.493 e. The molecule has 0 aliphatic heterocycles. The summed E-state index contributed by atoms with van der Waals surface area (Å²) in [6.07, 6.45) is -4.37. The number of aliphatic hydroxyl groups is 1. The van der Waals surface area contributed by atoms with Crippen LogP contribution in [0.2, 0.25) is 5.02 Å². The number of rotatable bonds is 12. The number of aliphatic hydroxyl groups excluding tert-OH is 1. The lowest BCUT2D eigenvalue weighted by Gasteiger charge is -2.27. The van der Waals surface area contributed by atoms with Crippen LogP contribution in [-0.4, -0.2) is 40.3 Å². The molecule has 13 heteroatoms. The average Bonchev–Trinajstić information content (AvgIpc) is 2.75. The van der Waals surface area contributed by atoms with Gasteiger partial charge in [0.15, 0.2) is 0 Å². The number of phosphoric acid groups is 1. The number of halogens is 5. The molecular weight excluding hydrogens is 505 g/mol. The first-order valence-corrected chi connectivity index (χ1v) is 12.0. The van der Waals surface area contributed by atoms with E-state index in [0.717, 1.165) is 12.1 Å². The Hall–Kier alpha value is -1.72. The Morgan fingerprint density at radius 3 is 2.41 bits per heavy atom. The molecule has 2 rings (SSSR count). The van der Waals surface area contributed by atoms with Gasteiger partial charge in [0.2, 0.25) is 0 Å². The Kier molecular flexibility index (Phi) is 9.91. The Labute approximate surface area is 198 Å². The standard InChI is InChI=1S/C21H25ClF4NO6P/c22-16-4-5-18(23)15(11-16)2-1-9-32-19-6-3-14(10-17(19)21(24,25)26)7-8-20(27,12-28)13-33-34(29,30)31/h3-6,10-11,28H,1-2,7-9,12-13,27H2,(H2,29,30,31). The topological polar surface area (TPSA) is 122 Å². The molecule has 0 aliphatic rings. The summed E-state index contributed by atoms with van der Waals surface area (Å²) in [5, 5.41) is 9.78. The van der Waals surface area contributed by atoms with Crippen LogP contribution in [0.5, 0.6) is 5.75 Å². The largest absolute Gasteiger partial charge is 0.493 e. The molecule has 0 radical (unpaired) electrons. The van der Waals surface area contributed by atoms with Gasteiger partial charge in [-0.15, -0.1) is 0 Å². The van der Waals surface area contributed by atoms with E-state index < -0.39 is 49.9 Å². The number of phosphoric ester groups is 1. The zero-order valence-corrected chi connectivity index (χ0v) is 19.5. The third kappa shape index (κ3) is 9.14. The molecular formula is C21H25ClF4NO6P. The van der Waals surface area contributed by atoms with Gasteiger partial charge in [0, 0.05) is 5.02 Å². The Balaban J connectivity index is 2.04. The molecule has 0 aromatic heterocycles. The van der Waals surface area contributed by atoms with Gasteiger partial charge in [-0.1, -0.05) is 17.7 Å². The van der Waals surface area contributed by atoms with Gasteiger partial charge in [0.05, 0.1) is 30.9 Å². The molecule has 7 nitrogen and oxygen atoms in total. The van der Waals surface area contributed by atoms with E-state index in [-0.39, 0.29) is 37.9 Å². The second-order valence-corrected chi connectivity index (χ2v) is 9.48. The lowest BCUT2D eigenvalue weighted by Crippen LogP contribution is -2.48. The predicted molar refractivity (Wildman–Crippen MR) is 117 cm³/mol. The molecule has 2 aromatic carbocycles. The molecule has 0 heterocycles. The van der Waals surface area contributed by atoms with Crippen LogP contribution in [0.4, 0.5) is 17.6 Å². The second kappa shape index (κ2) is 11.8. The second-order valence-electron chi connectivity index (χ2n) is 7.80. The van der Waals surface area contributed by atoms with E-state index in [2.05, 4.69) is 4.52 Å². The van der Waals surface area contributed by atoms with Crippen LogP contribution in [0.25, 0.3) is 0 Å².